The Morgan fingerprint density at radius 3 is 2.79 bits per heavy atom. The fourth-order valence-electron chi connectivity index (χ4n) is 2.88. The molecule has 4 rings (SSSR count). The summed E-state index contributed by atoms with van der Waals surface area (Å²) < 4.78 is 2.11. The summed E-state index contributed by atoms with van der Waals surface area (Å²) in [7, 11) is 0. The topological polar surface area (TPSA) is 17.8 Å². The monoisotopic (exact) mass is 266 g/mol. The molecule has 2 nitrogen and oxygen atoms in total. The van der Waals surface area contributed by atoms with Crippen LogP contribution in [0.4, 0.5) is 0 Å². The minimum atomic E-state index is 1.11. The summed E-state index contributed by atoms with van der Waals surface area (Å²) in [4.78, 5) is 1.49. The molecule has 0 amide bonds. The first-order valence-corrected chi connectivity index (χ1v) is 7.43. The Bertz CT molecular complexity index is 737. The van der Waals surface area contributed by atoms with Crippen LogP contribution in [0.15, 0.2) is 41.8 Å². The van der Waals surface area contributed by atoms with Gasteiger partial charge in [0.05, 0.1) is 17.1 Å². The van der Waals surface area contributed by atoms with Crippen molar-refractivity contribution in [2.75, 3.05) is 0 Å². The van der Waals surface area contributed by atoms with Gasteiger partial charge >= 0.3 is 0 Å². The van der Waals surface area contributed by atoms with E-state index < -0.39 is 0 Å². The van der Waals surface area contributed by atoms with Crippen molar-refractivity contribution in [1.82, 2.24) is 9.78 Å². The summed E-state index contributed by atoms with van der Waals surface area (Å²) in [6.45, 7) is 2.12. The normalized spacial score (nSPS) is 13.1. The highest BCUT2D eigenvalue weighted by Crippen LogP contribution is 2.39. The van der Waals surface area contributed by atoms with Crippen molar-refractivity contribution < 1.29 is 0 Å². The van der Waals surface area contributed by atoms with Crippen LogP contribution in [0.2, 0.25) is 0 Å². The van der Waals surface area contributed by atoms with Gasteiger partial charge in [0.2, 0.25) is 0 Å². The van der Waals surface area contributed by atoms with E-state index in [2.05, 4.69) is 47.3 Å². The van der Waals surface area contributed by atoms with Crippen molar-refractivity contribution in [2.24, 2.45) is 0 Å². The van der Waals surface area contributed by atoms with Crippen LogP contribution in [0.1, 0.15) is 16.1 Å². The summed E-state index contributed by atoms with van der Waals surface area (Å²) in [6, 6.07) is 12.6. The SMILES string of the molecule is Cc1nn(-c2ccccc2)c2c1CCc1sccc1-2. The zero-order chi connectivity index (χ0) is 12.8. The lowest BCUT2D eigenvalue weighted by molar-refractivity contribution is 0.868. The van der Waals surface area contributed by atoms with E-state index in [-0.39, 0.29) is 0 Å². The van der Waals surface area contributed by atoms with Gasteiger partial charge in [-0.3, -0.25) is 0 Å². The number of aromatic nitrogens is 2. The van der Waals surface area contributed by atoms with Crippen molar-refractivity contribution in [3.05, 3.63) is 57.9 Å². The molecule has 0 bridgehead atoms. The third-order valence-corrected chi connectivity index (χ3v) is 4.77. The van der Waals surface area contributed by atoms with Crippen molar-refractivity contribution in [1.29, 1.82) is 0 Å². The Morgan fingerprint density at radius 2 is 1.95 bits per heavy atom. The van der Waals surface area contributed by atoms with Gasteiger partial charge < -0.3 is 0 Å². The standard InChI is InChI=1S/C16H14N2S/c1-11-13-7-8-15-14(9-10-19-15)16(13)18(17-11)12-5-3-2-4-6-12/h2-6,9-10H,7-8H2,1H3. The van der Waals surface area contributed by atoms with Gasteiger partial charge in [-0.2, -0.15) is 5.10 Å². The van der Waals surface area contributed by atoms with Crippen LogP contribution in [0.5, 0.6) is 0 Å². The van der Waals surface area contributed by atoms with Crippen molar-refractivity contribution in [3.63, 3.8) is 0 Å². The molecule has 0 unspecified atom stereocenters. The highest BCUT2D eigenvalue weighted by molar-refractivity contribution is 7.10. The molecule has 3 heteroatoms. The zero-order valence-electron chi connectivity index (χ0n) is 10.8. The molecule has 0 fully saturated rings. The van der Waals surface area contributed by atoms with E-state index in [1.807, 2.05) is 17.4 Å². The van der Waals surface area contributed by atoms with Crippen molar-refractivity contribution in [2.45, 2.75) is 19.8 Å². The van der Waals surface area contributed by atoms with Crippen LogP contribution in [0.25, 0.3) is 16.9 Å². The number of para-hydroxylation sites is 1. The number of fused-ring (bicyclic) bond motifs is 3. The quantitative estimate of drug-likeness (QED) is 0.651. The molecule has 3 aromatic rings. The van der Waals surface area contributed by atoms with Crippen LogP contribution >= 0.6 is 11.3 Å². The summed E-state index contributed by atoms with van der Waals surface area (Å²) in [5.74, 6) is 0. The largest absolute Gasteiger partial charge is 0.233 e. The molecule has 0 N–H and O–H groups in total. The Kier molecular flexibility index (Phi) is 2.35. The third-order valence-electron chi connectivity index (χ3n) is 3.79. The maximum atomic E-state index is 4.76. The Balaban J connectivity index is 2.01. The van der Waals surface area contributed by atoms with Crippen LogP contribution < -0.4 is 0 Å². The summed E-state index contributed by atoms with van der Waals surface area (Å²) in [6.07, 6.45) is 2.27. The second kappa shape index (κ2) is 4.07. The fourth-order valence-corrected chi connectivity index (χ4v) is 3.76. The molecule has 0 saturated heterocycles. The molecule has 1 aromatic carbocycles. The first-order valence-electron chi connectivity index (χ1n) is 6.55. The molecular formula is C16H14N2S. The van der Waals surface area contributed by atoms with Crippen LogP contribution in [-0.2, 0) is 12.8 Å². The fraction of sp³-hybridized carbons (Fsp3) is 0.188. The van der Waals surface area contributed by atoms with Crippen molar-refractivity contribution >= 4 is 11.3 Å². The smallest absolute Gasteiger partial charge is 0.0787 e. The van der Waals surface area contributed by atoms with Crippen LogP contribution in [0.3, 0.4) is 0 Å². The van der Waals surface area contributed by atoms with Gasteiger partial charge in [0.15, 0.2) is 0 Å². The molecule has 1 aliphatic carbocycles. The van der Waals surface area contributed by atoms with Gasteiger partial charge in [-0.15, -0.1) is 11.3 Å². The van der Waals surface area contributed by atoms with Gasteiger partial charge in [0.25, 0.3) is 0 Å². The van der Waals surface area contributed by atoms with Crippen LogP contribution in [-0.4, -0.2) is 9.78 Å². The predicted octanol–water partition coefficient (Wildman–Crippen LogP) is 4.01. The van der Waals surface area contributed by atoms with Gasteiger partial charge in [-0.1, -0.05) is 18.2 Å². The number of aryl methyl sites for hydroxylation is 2. The molecule has 19 heavy (non-hydrogen) atoms. The van der Waals surface area contributed by atoms with E-state index in [1.165, 1.54) is 21.7 Å². The second-order valence-electron chi connectivity index (χ2n) is 4.92. The van der Waals surface area contributed by atoms with Crippen LogP contribution in [0, 0.1) is 6.92 Å². The number of nitrogens with zero attached hydrogens (tertiary/aromatic N) is 2. The zero-order valence-corrected chi connectivity index (χ0v) is 11.6. The van der Waals surface area contributed by atoms with Crippen molar-refractivity contribution in [3.8, 4) is 16.9 Å². The first-order chi connectivity index (χ1) is 9.34. The van der Waals surface area contributed by atoms with Gasteiger partial charge in [-0.25, -0.2) is 4.68 Å². The number of rotatable bonds is 1. The molecule has 2 aromatic heterocycles. The van der Waals surface area contributed by atoms with Gasteiger partial charge in [0, 0.05) is 16.0 Å². The lowest BCUT2D eigenvalue weighted by atomic mass is 9.95. The lowest BCUT2D eigenvalue weighted by Gasteiger charge is -2.15. The molecular weight excluding hydrogens is 252 g/mol. The Labute approximate surface area is 116 Å². The molecule has 1 aliphatic rings. The molecule has 94 valence electrons. The molecule has 0 aliphatic heterocycles. The number of hydrogen-bond acceptors (Lipinski definition) is 2. The molecule has 0 atom stereocenters. The van der Waals surface area contributed by atoms with E-state index in [0.29, 0.717) is 0 Å². The predicted molar refractivity (Wildman–Crippen MR) is 79.0 cm³/mol. The Hall–Kier alpha value is -1.87. The molecule has 2 heterocycles. The van der Waals surface area contributed by atoms with Gasteiger partial charge in [0.1, 0.15) is 0 Å². The second-order valence-corrected chi connectivity index (χ2v) is 5.92. The molecule has 0 radical (unpaired) electrons. The Morgan fingerprint density at radius 1 is 1.11 bits per heavy atom. The lowest BCUT2D eigenvalue weighted by Crippen LogP contribution is -2.04. The summed E-state index contributed by atoms with van der Waals surface area (Å²) in [5.41, 5.74) is 6.39. The minimum absolute atomic E-state index is 1.11. The average molecular weight is 266 g/mol. The van der Waals surface area contributed by atoms with E-state index in [4.69, 9.17) is 5.10 Å². The number of hydrogen-bond donors (Lipinski definition) is 0. The molecule has 0 spiro atoms. The van der Waals surface area contributed by atoms with Gasteiger partial charge in [-0.05, 0) is 43.3 Å². The highest BCUT2D eigenvalue weighted by Gasteiger charge is 2.24. The maximum Gasteiger partial charge on any atom is 0.0787 e. The van der Waals surface area contributed by atoms with E-state index in [0.717, 1.165) is 24.2 Å². The maximum absolute atomic E-state index is 4.76. The summed E-state index contributed by atoms with van der Waals surface area (Å²) in [5, 5.41) is 6.95. The third kappa shape index (κ3) is 1.58. The average Bonchev–Trinajstić information content (AvgIpc) is 3.04. The van der Waals surface area contributed by atoms with E-state index in [9.17, 15) is 0 Å². The van der Waals surface area contributed by atoms with E-state index >= 15 is 0 Å². The van der Waals surface area contributed by atoms with E-state index in [1.54, 1.807) is 0 Å². The minimum Gasteiger partial charge on any atom is -0.233 e. The summed E-state index contributed by atoms with van der Waals surface area (Å²) >= 11 is 1.86. The highest BCUT2D eigenvalue weighted by atomic mass is 32.1. The number of benzene rings is 1. The molecule has 0 saturated carbocycles. The number of thiophene rings is 1. The first kappa shape index (κ1) is 11.0.